The summed E-state index contributed by atoms with van der Waals surface area (Å²) in [5.74, 6) is 0.273. The third kappa shape index (κ3) is 4.43. The van der Waals surface area contributed by atoms with E-state index in [1.165, 1.54) is 17.2 Å². The molecule has 1 aromatic heterocycles. The van der Waals surface area contributed by atoms with Gasteiger partial charge in [-0.25, -0.2) is 4.98 Å². The highest BCUT2D eigenvalue weighted by molar-refractivity contribution is 5.77. The van der Waals surface area contributed by atoms with Crippen molar-refractivity contribution >= 4 is 16.7 Å². The lowest BCUT2D eigenvalue weighted by atomic mass is 10.1. The van der Waals surface area contributed by atoms with E-state index in [4.69, 9.17) is 9.47 Å². The Balaban J connectivity index is 1.49. The number of nitro benzene ring substituents is 1. The van der Waals surface area contributed by atoms with Crippen molar-refractivity contribution in [3.05, 3.63) is 63.5 Å². The second-order valence-corrected chi connectivity index (χ2v) is 6.55. The van der Waals surface area contributed by atoms with Crippen LogP contribution in [0.5, 0.6) is 5.75 Å². The van der Waals surface area contributed by atoms with E-state index in [1.807, 2.05) is 13.3 Å². The van der Waals surface area contributed by atoms with Gasteiger partial charge in [-0.15, -0.1) is 0 Å². The topological polar surface area (TPSA) is 79.4 Å². The van der Waals surface area contributed by atoms with Crippen LogP contribution in [-0.2, 0) is 11.3 Å². The predicted octanol–water partition coefficient (Wildman–Crippen LogP) is 3.97. The van der Waals surface area contributed by atoms with Crippen molar-refractivity contribution in [3.8, 4) is 5.75 Å². The fraction of sp³-hybridized carbons (Fsp3) is 0.350. The number of hydrogen-bond donors (Lipinski definition) is 0. The molecule has 7 heteroatoms. The molecule has 2 aromatic carbocycles. The smallest absolute Gasteiger partial charge is 0.310 e. The lowest BCUT2D eigenvalue weighted by Crippen LogP contribution is -2.11. The van der Waals surface area contributed by atoms with E-state index in [0.717, 1.165) is 16.6 Å². The number of fused-ring (bicyclic) bond motifs is 1. The molecule has 0 aliphatic carbocycles. The number of hydrogen-bond acceptors (Lipinski definition) is 5. The van der Waals surface area contributed by atoms with Gasteiger partial charge in [-0.05, 0) is 55.7 Å². The number of nitro groups is 1. The second-order valence-electron chi connectivity index (χ2n) is 6.55. The Morgan fingerprint density at radius 1 is 1.07 bits per heavy atom. The first-order valence-corrected chi connectivity index (χ1v) is 8.83. The summed E-state index contributed by atoms with van der Waals surface area (Å²) in [6, 6.07) is 9.04. The van der Waals surface area contributed by atoms with Gasteiger partial charge < -0.3 is 14.0 Å². The Labute approximate surface area is 157 Å². The molecule has 0 radical (unpaired) electrons. The van der Waals surface area contributed by atoms with Crippen LogP contribution < -0.4 is 4.74 Å². The Kier molecular flexibility index (Phi) is 5.71. The number of rotatable bonds is 8. The molecule has 0 fully saturated rings. The molecule has 0 saturated carbocycles. The minimum Gasteiger partial charge on any atom is -0.484 e. The SMILES string of the molecule is Cc1ccc([N+](=O)[O-])c(OCCOCCn2cnc3cc(C)c(C)cc32)c1. The standard InChI is InChI=1S/C20H23N3O4/c1-14-4-5-18(23(24)25)20(10-14)27-9-8-26-7-6-22-13-21-17-11-15(2)16(3)12-19(17)22/h4-5,10-13H,6-9H2,1-3H3. The molecule has 0 unspecified atom stereocenters. The summed E-state index contributed by atoms with van der Waals surface area (Å²) in [7, 11) is 0. The first-order valence-electron chi connectivity index (χ1n) is 8.83. The molecular weight excluding hydrogens is 346 g/mol. The van der Waals surface area contributed by atoms with Gasteiger partial charge >= 0.3 is 5.69 Å². The van der Waals surface area contributed by atoms with E-state index in [-0.39, 0.29) is 18.0 Å². The van der Waals surface area contributed by atoms with Crippen LogP contribution in [0.4, 0.5) is 5.69 Å². The molecular formula is C20H23N3O4. The van der Waals surface area contributed by atoms with Crippen LogP contribution in [0.1, 0.15) is 16.7 Å². The Hall–Kier alpha value is -2.93. The Bertz CT molecular complexity index is 965. The van der Waals surface area contributed by atoms with Crippen LogP contribution in [0.2, 0.25) is 0 Å². The molecule has 0 aliphatic heterocycles. The molecule has 0 spiro atoms. The van der Waals surface area contributed by atoms with Gasteiger partial charge in [-0.1, -0.05) is 6.07 Å². The molecule has 142 valence electrons. The maximum Gasteiger partial charge on any atom is 0.310 e. The molecule has 0 bridgehead atoms. The number of ether oxygens (including phenoxy) is 2. The zero-order chi connectivity index (χ0) is 19.4. The molecule has 7 nitrogen and oxygen atoms in total. The number of benzene rings is 2. The summed E-state index contributed by atoms with van der Waals surface area (Å²) in [5, 5.41) is 11.0. The average molecular weight is 369 g/mol. The highest BCUT2D eigenvalue weighted by atomic mass is 16.6. The normalized spacial score (nSPS) is 11.1. The van der Waals surface area contributed by atoms with Gasteiger partial charge in [0.05, 0.1) is 35.5 Å². The number of aromatic nitrogens is 2. The van der Waals surface area contributed by atoms with Crippen LogP contribution >= 0.6 is 0 Å². The fourth-order valence-electron chi connectivity index (χ4n) is 2.85. The minimum atomic E-state index is -0.441. The average Bonchev–Trinajstić information content (AvgIpc) is 3.00. The minimum absolute atomic E-state index is 0.0313. The number of aryl methyl sites for hydroxylation is 3. The fourth-order valence-corrected chi connectivity index (χ4v) is 2.85. The monoisotopic (exact) mass is 369 g/mol. The Morgan fingerprint density at radius 2 is 1.85 bits per heavy atom. The van der Waals surface area contributed by atoms with E-state index in [1.54, 1.807) is 12.1 Å². The molecule has 3 rings (SSSR count). The maximum absolute atomic E-state index is 11.0. The third-order valence-corrected chi connectivity index (χ3v) is 4.51. The van der Waals surface area contributed by atoms with Crippen molar-refractivity contribution in [2.45, 2.75) is 27.3 Å². The van der Waals surface area contributed by atoms with Crippen LogP contribution in [-0.4, -0.2) is 34.3 Å². The van der Waals surface area contributed by atoms with E-state index in [0.29, 0.717) is 19.8 Å². The molecule has 27 heavy (non-hydrogen) atoms. The van der Waals surface area contributed by atoms with E-state index < -0.39 is 4.92 Å². The lowest BCUT2D eigenvalue weighted by molar-refractivity contribution is -0.385. The Morgan fingerprint density at radius 3 is 2.63 bits per heavy atom. The molecule has 0 amide bonds. The number of imidazole rings is 1. The highest BCUT2D eigenvalue weighted by Gasteiger charge is 2.14. The van der Waals surface area contributed by atoms with Gasteiger partial charge in [-0.2, -0.15) is 0 Å². The van der Waals surface area contributed by atoms with Crippen molar-refractivity contribution in [1.29, 1.82) is 0 Å². The number of nitrogens with zero attached hydrogens (tertiary/aromatic N) is 3. The van der Waals surface area contributed by atoms with E-state index in [2.05, 4.69) is 35.5 Å². The van der Waals surface area contributed by atoms with Gasteiger partial charge in [0.15, 0.2) is 5.75 Å². The summed E-state index contributed by atoms with van der Waals surface area (Å²) < 4.78 is 13.2. The molecule has 0 aliphatic rings. The lowest BCUT2D eigenvalue weighted by Gasteiger charge is -2.09. The third-order valence-electron chi connectivity index (χ3n) is 4.51. The molecule has 0 N–H and O–H groups in total. The zero-order valence-corrected chi connectivity index (χ0v) is 15.8. The quantitative estimate of drug-likeness (QED) is 0.341. The summed E-state index contributed by atoms with van der Waals surface area (Å²) in [5.41, 5.74) is 5.41. The van der Waals surface area contributed by atoms with Crippen LogP contribution in [0.25, 0.3) is 11.0 Å². The largest absolute Gasteiger partial charge is 0.484 e. The van der Waals surface area contributed by atoms with Gasteiger partial charge in [-0.3, -0.25) is 10.1 Å². The maximum atomic E-state index is 11.0. The van der Waals surface area contributed by atoms with E-state index in [9.17, 15) is 10.1 Å². The van der Waals surface area contributed by atoms with Crippen LogP contribution in [0.3, 0.4) is 0 Å². The van der Waals surface area contributed by atoms with Gasteiger partial charge in [0.25, 0.3) is 0 Å². The first kappa shape index (κ1) is 18.8. The summed E-state index contributed by atoms with van der Waals surface area (Å²) >= 11 is 0. The highest BCUT2D eigenvalue weighted by Crippen LogP contribution is 2.27. The zero-order valence-electron chi connectivity index (χ0n) is 15.8. The predicted molar refractivity (Wildman–Crippen MR) is 103 cm³/mol. The van der Waals surface area contributed by atoms with Gasteiger partial charge in [0.1, 0.15) is 6.61 Å². The van der Waals surface area contributed by atoms with Crippen LogP contribution in [0.15, 0.2) is 36.7 Å². The molecule has 3 aromatic rings. The van der Waals surface area contributed by atoms with Crippen molar-refractivity contribution < 1.29 is 14.4 Å². The second kappa shape index (κ2) is 8.18. The van der Waals surface area contributed by atoms with Gasteiger partial charge in [0.2, 0.25) is 0 Å². The van der Waals surface area contributed by atoms with Gasteiger partial charge in [0, 0.05) is 12.6 Å². The summed E-state index contributed by atoms with van der Waals surface area (Å²) in [6.45, 7) is 7.84. The van der Waals surface area contributed by atoms with Crippen molar-refractivity contribution in [1.82, 2.24) is 9.55 Å². The van der Waals surface area contributed by atoms with Crippen molar-refractivity contribution in [2.24, 2.45) is 0 Å². The van der Waals surface area contributed by atoms with E-state index >= 15 is 0 Å². The molecule has 0 saturated heterocycles. The summed E-state index contributed by atoms with van der Waals surface area (Å²) in [6.07, 6.45) is 1.82. The summed E-state index contributed by atoms with van der Waals surface area (Å²) in [4.78, 5) is 15.0. The van der Waals surface area contributed by atoms with Crippen molar-refractivity contribution in [3.63, 3.8) is 0 Å². The van der Waals surface area contributed by atoms with Crippen LogP contribution in [0, 0.1) is 30.9 Å². The first-order chi connectivity index (χ1) is 13.0. The van der Waals surface area contributed by atoms with Crippen molar-refractivity contribution in [2.75, 3.05) is 19.8 Å². The molecule has 0 atom stereocenters. The molecule has 1 heterocycles.